The van der Waals surface area contributed by atoms with Crippen molar-refractivity contribution in [2.24, 2.45) is 0 Å². The summed E-state index contributed by atoms with van der Waals surface area (Å²) in [6.45, 7) is 0.693. The maximum atomic E-state index is 6.18. The lowest BCUT2D eigenvalue weighted by Crippen LogP contribution is -2.23. The lowest BCUT2D eigenvalue weighted by atomic mass is 10.1. The Morgan fingerprint density at radius 1 is 1.11 bits per heavy atom. The average Bonchev–Trinajstić information content (AvgIpc) is 2.38. The van der Waals surface area contributed by atoms with Gasteiger partial charge in [0.05, 0.1) is 12.2 Å². The van der Waals surface area contributed by atoms with Crippen LogP contribution in [0.4, 0.5) is 5.69 Å². The predicted molar refractivity (Wildman–Crippen MR) is 74.8 cm³/mol. The molecule has 18 heavy (non-hydrogen) atoms. The minimum absolute atomic E-state index is 0.0929. The van der Waals surface area contributed by atoms with Crippen molar-refractivity contribution >= 4 is 28.9 Å². The molecule has 1 aliphatic heterocycles. The van der Waals surface area contributed by atoms with Gasteiger partial charge >= 0.3 is 0 Å². The largest absolute Gasteiger partial charge is 0.482 e. The minimum atomic E-state index is -0.0929. The highest BCUT2D eigenvalue weighted by molar-refractivity contribution is 6.31. The zero-order valence-electron chi connectivity index (χ0n) is 9.49. The van der Waals surface area contributed by atoms with Gasteiger partial charge in [-0.1, -0.05) is 41.4 Å². The molecule has 0 radical (unpaired) electrons. The SMILES string of the molecule is Clc1ccc2c(c1)OC(c1ccccc1Cl)CN2. The fourth-order valence-corrected chi connectivity index (χ4v) is 2.47. The summed E-state index contributed by atoms with van der Waals surface area (Å²) in [5.74, 6) is 0.763. The first-order valence-electron chi connectivity index (χ1n) is 5.68. The zero-order valence-corrected chi connectivity index (χ0v) is 11.0. The highest BCUT2D eigenvalue weighted by Crippen LogP contribution is 2.37. The van der Waals surface area contributed by atoms with Crippen LogP contribution in [0.5, 0.6) is 5.75 Å². The van der Waals surface area contributed by atoms with E-state index in [9.17, 15) is 0 Å². The van der Waals surface area contributed by atoms with Crippen molar-refractivity contribution in [3.05, 3.63) is 58.1 Å². The molecule has 1 aliphatic rings. The van der Waals surface area contributed by atoms with E-state index in [4.69, 9.17) is 27.9 Å². The van der Waals surface area contributed by atoms with Crippen LogP contribution in [0.15, 0.2) is 42.5 Å². The van der Waals surface area contributed by atoms with Crippen LogP contribution in [0, 0.1) is 0 Å². The van der Waals surface area contributed by atoms with Gasteiger partial charge in [0.25, 0.3) is 0 Å². The Morgan fingerprint density at radius 2 is 1.94 bits per heavy atom. The molecule has 0 fully saturated rings. The standard InChI is InChI=1S/C14H11Cl2NO/c15-9-5-6-12-13(7-9)18-14(8-17-12)10-3-1-2-4-11(10)16/h1-7,14,17H,8H2. The van der Waals surface area contributed by atoms with Crippen molar-refractivity contribution in [2.75, 3.05) is 11.9 Å². The molecule has 0 saturated carbocycles. The van der Waals surface area contributed by atoms with Gasteiger partial charge in [-0.05, 0) is 18.2 Å². The number of fused-ring (bicyclic) bond motifs is 1. The number of rotatable bonds is 1. The lowest BCUT2D eigenvalue weighted by molar-refractivity contribution is 0.210. The van der Waals surface area contributed by atoms with Crippen LogP contribution < -0.4 is 10.1 Å². The number of nitrogens with one attached hydrogen (secondary N) is 1. The first kappa shape index (κ1) is 11.7. The molecule has 2 nitrogen and oxygen atoms in total. The minimum Gasteiger partial charge on any atom is -0.482 e. The molecule has 92 valence electrons. The van der Waals surface area contributed by atoms with Gasteiger partial charge in [-0.15, -0.1) is 0 Å². The third-order valence-electron chi connectivity index (χ3n) is 2.94. The first-order valence-corrected chi connectivity index (χ1v) is 6.44. The second-order valence-corrected chi connectivity index (χ2v) is 4.99. The van der Waals surface area contributed by atoms with Gasteiger partial charge in [0.2, 0.25) is 0 Å². The summed E-state index contributed by atoms with van der Waals surface area (Å²) in [4.78, 5) is 0. The van der Waals surface area contributed by atoms with Crippen LogP contribution in [0.2, 0.25) is 10.0 Å². The molecule has 0 amide bonds. The zero-order chi connectivity index (χ0) is 12.5. The van der Waals surface area contributed by atoms with Crippen molar-refractivity contribution < 1.29 is 4.74 Å². The van der Waals surface area contributed by atoms with E-state index < -0.39 is 0 Å². The number of hydrogen-bond donors (Lipinski definition) is 1. The van der Waals surface area contributed by atoms with Crippen molar-refractivity contribution in [3.8, 4) is 5.75 Å². The van der Waals surface area contributed by atoms with E-state index in [2.05, 4.69) is 5.32 Å². The van der Waals surface area contributed by atoms with Crippen LogP contribution in [-0.2, 0) is 0 Å². The lowest BCUT2D eigenvalue weighted by Gasteiger charge is -2.28. The maximum Gasteiger partial charge on any atom is 0.144 e. The van der Waals surface area contributed by atoms with Gasteiger partial charge < -0.3 is 10.1 Å². The van der Waals surface area contributed by atoms with Gasteiger partial charge in [-0.25, -0.2) is 0 Å². The Bertz CT molecular complexity index is 586. The average molecular weight is 280 g/mol. The number of anilines is 1. The number of hydrogen-bond acceptors (Lipinski definition) is 2. The van der Waals surface area contributed by atoms with Gasteiger partial charge in [-0.3, -0.25) is 0 Å². The van der Waals surface area contributed by atoms with Crippen molar-refractivity contribution in [1.82, 2.24) is 0 Å². The summed E-state index contributed by atoms with van der Waals surface area (Å²) in [5, 5.41) is 4.70. The molecule has 2 aromatic rings. The summed E-state index contributed by atoms with van der Waals surface area (Å²) in [6, 6.07) is 13.3. The highest BCUT2D eigenvalue weighted by Gasteiger charge is 2.22. The van der Waals surface area contributed by atoms with Crippen molar-refractivity contribution in [3.63, 3.8) is 0 Å². The number of ether oxygens (including phenoxy) is 1. The Kier molecular flexibility index (Phi) is 3.06. The van der Waals surface area contributed by atoms with Crippen LogP contribution in [0.3, 0.4) is 0 Å². The van der Waals surface area contributed by atoms with Crippen LogP contribution in [-0.4, -0.2) is 6.54 Å². The molecular formula is C14H11Cl2NO. The maximum absolute atomic E-state index is 6.18. The Hall–Kier alpha value is -1.38. The molecule has 0 bridgehead atoms. The molecule has 1 atom stereocenters. The van der Waals surface area contributed by atoms with E-state index in [1.165, 1.54) is 0 Å². The molecule has 0 aromatic heterocycles. The summed E-state index contributed by atoms with van der Waals surface area (Å²) < 4.78 is 5.95. The molecule has 0 aliphatic carbocycles. The summed E-state index contributed by atoms with van der Waals surface area (Å²) >= 11 is 12.1. The topological polar surface area (TPSA) is 21.3 Å². The van der Waals surface area contributed by atoms with Crippen LogP contribution in [0.1, 0.15) is 11.7 Å². The molecule has 1 N–H and O–H groups in total. The quantitative estimate of drug-likeness (QED) is 0.828. The van der Waals surface area contributed by atoms with E-state index in [1.54, 1.807) is 0 Å². The van der Waals surface area contributed by atoms with Gasteiger partial charge in [-0.2, -0.15) is 0 Å². The fourth-order valence-electron chi connectivity index (χ4n) is 2.05. The van der Waals surface area contributed by atoms with Gasteiger partial charge in [0, 0.05) is 21.7 Å². The van der Waals surface area contributed by atoms with Crippen LogP contribution >= 0.6 is 23.2 Å². The third kappa shape index (κ3) is 2.14. The van der Waals surface area contributed by atoms with E-state index in [1.807, 2.05) is 42.5 Å². The van der Waals surface area contributed by atoms with Crippen molar-refractivity contribution in [2.45, 2.75) is 6.10 Å². The number of benzene rings is 2. The Balaban J connectivity index is 1.93. The molecule has 4 heteroatoms. The Morgan fingerprint density at radius 3 is 2.78 bits per heavy atom. The second kappa shape index (κ2) is 4.71. The first-order chi connectivity index (χ1) is 8.74. The summed E-state index contributed by atoms with van der Waals surface area (Å²) in [5.41, 5.74) is 1.94. The Labute approximate surface area is 115 Å². The smallest absolute Gasteiger partial charge is 0.144 e. The molecule has 0 saturated heterocycles. The van der Waals surface area contributed by atoms with E-state index in [0.29, 0.717) is 11.6 Å². The van der Waals surface area contributed by atoms with E-state index in [-0.39, 0.29) is 6.10 Å². The normalized spacial score (nSPS) is 17.6. The van der Waals surface area contributed by atoms with Crippen molar-refractivity contribution in [1.29, 1.82) is 0 Å². The fraction of sp³-hybridized carbons (Fsp3) is 0.143. The monoisotopic (exact) mass is 279 g/mol. The molecule has 3 rings (SSSR count). The number of halogens is 2. The third-order valence-corrected chi connectivity index (χ3v) is 3.52. The predicted octanol–water partition coefficient (Wildman–Crippen LogP) is 4.54. The van der Waals surface area contributed by atoms with E-state index >= 15 is 0 Å². The molecular weight excluding hydrogens is 269 g/mol. The summed E-state index contributed by atoms with van der Waals surface area (Å²) in [7, 11) is 0. The van der Waals surface area contributed by atoms with Gasteiger partial charge in [0.1, 0.15) is 11.9 Å². The molecule has 2 aromatic carbocycles. The summed E-state index contributed by atoms with van der Waals surface area (Å²) in [6.07, 6.45) is -0.0929. The van der Waals surface area contributed by atoms with Gasteiger partial charge in [0.15, 0.2) is 0 Å². The molecule has 1 unspecified atom stereocenters. The van der Waals surface area contributed by atoms with Crippen LogP contribution in [0.25, 0.3) is 0 Å². The second-order valence-electron chi connectivity index (χ2n) is 4.15. The van der Waals surface area contributed by atoms with E-state index in [0.717, 1.165) is 22.0 Å². The molecule has 1 heterocycles. The highest BCUT2D eigenvalue weighted by atomic mass is 35.5. The molecule has 0 spiro atoms.